The molecule has 13 heteroatoms. The largest absolute Gasteiger partial charge is 0.493 e. The predicted molar refractivity (Wildman–Crippen MR) is 240 cm³/mol. The fraction of sp³-hybridized carbons (Fsp3) is 0.531. The molecule has 4 fully saturated rings. The summed E-state index contributed by atoms with van der Waals surface area (Å²) in [5, 5.41) is 15.4. The Kier molecular flexibility index (Phi) is 15.2. The van der Waals surface area contributed by atoms with Gasteiger partial charge in [0.25, 0.3) is 5.91 Å². The Morgan fingerprint density at radius 2 is 1.55 bits per heavy atom. The third-order valence-electron chi connectivity index (χ3n) is 13.6. The summed E-state index contributed by atoms with van der Waals surface area (Å²) in [5.74, 6) is 2.30. The second-order valence-electron chi connectivity index (χ2n) is 17.5. The van der Waals surface area contributed by atoms with Gasteiger partial charge in [-0.3, -0.25) is 24.5 Å². The van der Waals surface area contributed by atoms with Crippen molar-refractivity contribution < 1.29 is 28.7 Å². The third kappa shape index (κ3) is 10.9. The molecule has 3 aromatic carbocycles. The monoisotopic (exact) mass is 845 g/mol. The van der Waals surface area contributed by atoms with Crippen molar-refractivity contribution in [2.24, 2.45) is 11.8 Å². The topological polar surface area (TPSA) is 148 Å². The number of nitriles is 1. The minimum absolute atomic E-state index is 0.0781. The number of methoxy groups -OCH3 is 1. The van der Waals surface area contributed by atoms with Gasteiger partial charge in [-0.15, -0.1) is 0 Å². The maximum atomic E-state index is 14.1. The molecule has 13 nitrogen and oxygen atoms in total. The highest BCUT2D eigenvalue weighted by Crippen LogP contribution is 2.35. The molecule has 4 aliphatic heterocycles. The van der Waals surface area contributed by atoms with Crippen molar-refractivity contribution in [2.45, 2.75) is 82.7 Å². The zero-order valence-electron chi connectivity index (χ0n) is 36.7. The van der Waals surface area contributed by atoms with E-state index in [0.717, 1.165) is 101 Å². The molecule has 0 aromatic heterocycles. The lowest BCUT2D eigenvalue weighted by Gasteiger charge is -2.40. The van der Waals surface area contributed by atoms with Crippen LogP contribution in [0.3, 0.4) is 0 Å². The second kappa shape index (κ2) is 21.1. The number of likely N-dealkylation sites (tertiary alicyclic amines) is 2. The number of ether oxygens (including phenoxy) is 2. The van der Waals surface area contributed by atoms with Gasteiger partial charge < -0.3 is 34.4 Å². The van der Waals surface area contributed by atoms with Crippen molar-refractivity contribution in [1.29, 1.82) is 5.26 Å². The number of nitrogens with zero attached hydrogens (tertiary/aromatic N) is 5. The van der Waals surface area contributed by atoms with Gasteiger partial charge in [0.1, 0.15) is 6.04 Å². The molecule has 0 bridgehead atoms. The van der Waals surface area contributed by atoms with Crippen molar-refractivity contribution in [1.82, 2.24) is 20.0 Å². The summed E-state index contributed by atoms with van der Waals surface area (Å²) in [5.41, 5.74) is 4.64. The van der Waals surface area contributed by atoms with Gasteiger partial charge in [-0.05, 0) is 149 Å². The number of aldehydes is 1. The van der Waals surface area contributed by atoms with Gasteiger partial charge in [0.2, 0.25) is 11.8 Å². The fourth-order valence-electron chi connectivity index (χ4n) is 9.88. The Bertz CT molecular complexity index is 2060. The maximum Gasteiger partial charge on any atom is 0.254 e. The number of nitrogens with one attached hydrogen (secondary N) is 2. The number of carbonyl (C=O) groups excluding carboxylic acids is 4. The van der Waals surface area contributed by atoms with Crippen LogP contribution in [0.5, 0.6) is 11.5 Å². The quantitative estimate of drug-likeness (QED) is 0.118. The molecule has 330 valence electrons. The molecule has 2 N–H and O–H groups in total. The third-order valence-corrected chi connectivity index (χ3v) is 13.6. The smallest absolute Gasteiger partial charge is 0.254 e. The van der Waals surface area contributed by atoms with Crippen LogP contribution >= 0.6 is 0 Å². The fourth-order valence-corrected chi connectivity index (χ4v) is 9.88. The first-order chi connectivity index (χ1) is 30.2. The molecular weight excluding hydrogens is 783 g/mol. The second-order valence-corrected chi connectivity index (χ2v) is 17.5. The summed E-state index contributed by atoms with van der Waals surface area (Å²) < 4.78 is 11.2. The molecule has 4 aliphatic rings. The number of amides is 3. The first-order valence-electron chi connectivity index (χ1n) is 22.6. The molecule has 0 radical (unpaired) electrons. The minimum atomic E-state index is -0.546. The molecule has 2 unspecified atom stereocenters. The van der Waals surface area contributed by atoms with Gasteiger partial charge in [-0.1, -0.05) is 18.2 Å². The van der Waals surface area contributed by atoms with Gasteiger partial charge in [-0.25, -0.2) is 0 Å². The van der Waals surface area contributed by atoms with Gasteiger partial charge in [0, 0.05) is 56.6 Å². The molecule has 0 aliphatic carbocycles. The van der Waals surface area contributed by atoms with Crippen LogP contribution in [-0.4, -0.2) is 118 Å². The molecule has 62 heavy (non-hydrogen) atoms. The van der Waals surface area contributed by atoms with Crippen LogP contribution in [0.4, 0.5) is 11.4 Å². The average Bonchev–Trinajstić information content (AvgIpc) is 3.30. The summed E-state index contributed by atoms with van der Waals surface area (Å²) in [6, 6.07) is 20.8. The van der Waals surface area contributed by atoms with E-state index < -0.39 is 6.04 Å². The lowest BCUT2D eigenvalue weighted by atomic mass is 9.88. The van der Waals surface area contributed by atoms with Crippen LogP contribution in [0.2, 0.25) is 0 Å². The number of carbonyl (C=O) groups is 4. The number of hydrogen-bond donors (Lipinski definition) is 2. The highest BCUT2D eigenvalue weighted by molar-refractivity contribution is 6.03. The molecule has 3 aromatic rings. The summed E-state index contributed by atoms with van der Waals surface area (Å²) >= 11 is 0. The number of piperidine rings is 4. The average molecular weight is 846 g/mol. The van der Waals surface area contributed by atoms with Crippen molar-refractivity contribution in [3.8, 4) is 17.6 Å². The molecule has 7 rings (SSSR count). The Balaban J connectivity index is 0.844. The minimum Gasteiger partial charge on any atom is -0.493 e. The zero-order chi connectivity index (χ0) is 43.6. The maximum absolute atomic E-state index is 14.1. The van der Waals surface area contributed by atoms with E-state index in [-0.39, 0.29) is 30.2 Å². The summed E-state index contributed by atoms with van der Waals surface area (Å²) in [7, 11) is 3.26. The van der Waals surface area contributed by atoms with E-state index >= 15 is 0 Å². The first-order valence-corrected chi connectivity index (χ1v) is 22.6. The summed E-state index contributed by atoms with van der Waals surface area (Å²) in [6.45, 7) is 11.0. The Hall–Kier alpha value is -5.45. The van der Waals surface area contributed by atoms with E-state index in [1.54, 1.807) is 31.2 Å². The predicted octanol–water partition coefficient (Wildman–Crippen LogP) is 6.66. The standard InChI is InChI=1S/C49H63N7O6/c1-4-62-46-29-38(8-13-45(46)61-3)44(15-22-50)53(2)49(60)42-30-41(11-7-39(42)33-57)56-27-18-35(19-28-56)32-54-23-16-34(17-24-54)31-55-25-20-37(21-26-55)36-5-9-40(10-6-36)51-43-12-14-47(58)52-48(43)59/h5-11,13,29-30,33-35,37,43-44,51H,4,12,14-21,23-28,31-32H2,1-3H3,(H,52,58,59). The first kappa shape index (κ1) is 44.6. The molecule has 0 saturated carbocycles. The number of imide groups is 1. The van der Waals surface area contributed by atoms with Gasteiger partial charge in [0.15, 0.2) is 17.8 Å². The summed E-state index contributed by atoms with van der Waals surface area (Å²) in [6.07, 6.45) is 8.68. The van der Waals surface area contributed by atoms with Crippen molar-refractivity contribution in [3.05, 3.63) is 82.9 Å². The Labute approximate surface area is 366 Å². The van der Waals surface area contributed by atoms with Crippen molar-refractivity contribution >= 4 is 35.4 Å². The lowest BCUT2D eigenvalue weighted by Crippen LogP contribution is -2.47. The van der Waals surface area contributed by atoms with Crippen LogP contribution < -0.4 is 25.0 Å². The highest BCUT2D eigenvalue weighted by atomic mass is 16.5. The van der Waals surface area contributed by atoms with Crippen molar-refractivity contribution in [2.75, 3.05) is 83.3 Å². The van der Waals surface area contributed by atoms with E-state index in [9.17, 15) is 24.4 Å². The van der Waals surface area contributed by atoms with E-state index in [2.05, 4.69) is 55.7 Å². The Morgan fingerprint density at radius 1 is 0.887 bits per heavy atom. The van der Waals surface area contributed by atoms with Crippen molar-refractivity contribution in [3.63, 3.8) is 0 Å². The lowest BCUT2D eigenvalue weighted by molar-refractivity contribution is -0.133. The van der Waals surface area contributed by atoms with Crippen LogP contribution in [0.1, 0.15) is 109 Å². The van der Waals surface area contributed by atoms with E-state index in [4.69, 9.17) is 9.47 Å². The molecule has 0 spiro atoms. The van der Waals surface area contributed by atoms with E-state index in [1.165, 1.54) is 24.9 Å². The number of rotatable bonds is 16. The van der Waals surface area contributed by atoms with Crippen LogP contribution in [0, 0.1) is 23.2 Å². The SMILES string of the molecule is CCOc1cc(C(CC#N)N(C)C(=O)c2cc(N3CCC(CN4CCC(CN5CCC(c6ccc(NC7CCC(=O)NC7=O)cc6)CC5)CC4)CC3)ccc2C=O)ccc1OC. The highest BCUT2D eigenvalue weighted by Gasteiger charge is 2.31. The number of benzene rings is 3. The Morgan fingerprint density at radius 3 is 2.16 bits per heavy atom. The van der Waals surface area contributed by atoms with E-state index in [1.807, 2.05) is 31.2 Å². The van der Waals surface area contributed by atoms with Crippen LogP contribution in [0.15, 0.2) is 60.7 Å². The van der Waals surface area contributed by atoms with Gasteiger partial charge in [0.05, 0.1) is 37.8 Å². The van der Waals surface area contributed by atoms with Gasteiger partial charge in [-0.2, -0.15) is 5.26 Å². The molecule has 2 atom stereocenters. The molecule has 3 amide bonds. The molecule has 4 heterocycles. The van der Waals surface area contributed by atoms with Crippen LogP contribution in [0.25, 0.3) is 0 Å². The molecule has 4 saturated heterocycles. The molecular formula is C49H63N7O6. The number of hydrogen-bond acceptors (Lipinski definition) is 11. The van der Waals surface area contributed by atoms with Crippen LogP contribution in [-0.2, 0) is 9.59 Å². The van der Waals surface area contributed by atoms with Gasteiger partial charge >= 0.3 is 0 Å². The van der Waals surface area contributed by atoms with E-state index in [0.29, 0.717) is 53.9 Å². The number of anilines is 2. The zero-order valence-corrected chi connectivity index (χ0v) is 36.7. The summed E-state index contributed by atoms with van der Waals surface area (Å²) in [4.78, 5) is 59.1. The normalized spacial score (nSPS) is 20.2.